The second-order valence-electron chi connectivity index (χ2n) is 7.53. The van der Waals surface area contributed by atoms with E-state index in [0.29, 0.717) is 45.8 Å². The number of likely N-dealkylation sites (tertiary alicyclic amines) is 1. The minimum absolute atomic E-state index is 0.0953. The molecular formula is C24H20F2N2O3S. The third-order valence-electron chi connectivity index (χ3n) is 5.42. The number of piperidine rings is 1. The zero-order chi connectivity index (χ0) is 22.8. The van der Waals surface area contributed by atoms with Gasteiger partial charge < -0.3 is 14.7 Å². The lowest BCUT2D eigenvalue weighted by molar-refractivity contribution is 0.0478. The predicted molar refractivity (Wildman–Crippen MR) is 119 cm³/mol. The fourth-order valence-corrected chi connectivity index (χ4v) is 4.94. The van der Waals surface area contributed by atoms with E-state index in [0.717, 1.165) is 0 Å². The van der Waals surface area contributed by atoms with E-state index in [1.165, 1.54) is 42.7 Å². The number of methoxy groups -OCH3 is 1. The van der Waals surface area contributed by atoms with E-state index in [1.54, 1.807) is 23.1 Å². The highest BCUT2D eigenvalue weighted by Crippen LogP contribution is 2.42. The average molecular weight is 454 g/mol. The molecule has 3 aromatic rings. The van der Waals surface area contributed by atoms with E-state index in [1.807, 2.05) is 0 Å². The van der Waals surface area contributed by atoms with Gasteiger partial charge in [0.15, 0.2) is 11.6 Å². The monoisotopic (exact) mass is 454 g/mol. The number of ether oxygens (including phenoxy) is 1. The number of rotatable bonds is 4. The SMILES string of the molecule is [C-]#[N+]c1ccc(-c2cc(C(=O)N3CCC[C@@H](O)C3)sc2-c2ccc(OC)c(F)c2)cc1F. The van der Waals surface area contributed by atoms with Gasteiger partial charge in [-0.3, -0.25) is 4.79 Å². The van der Waals surface area contributed by atoms with E-state index >= 15 is 0 Å². The fourth-order valence-electron chi connectivity index (χ4n) is 3.79. The molecule has 8 heteroatoms. The summed E-state index contributed by atoms with van der Waals surface area (Å²) in [5.74, 6) is -1.35. The first-order valence-electron chi connectivity index (χ1n) is 10.0. The van der Waals surface area contributed by atoms with E-state index in [-0.39, 0.29) is 23.9 Å². The number of aliphatic hydroxyl groups excluding tert-OH is 1. The fraction of sp³-hybridized carbons (Fsp3) is 0.250. The van der Waals surface area contributed by atoms with Gasteiger partial charge in [0.25, 0.3) is 5.91 Å². The summed E-state index contributed by atoms with van der Waals surface area (Å²) in [5, 5.41) is 9.94. The summed E-state index contributed by atoms with van der Waals surface area (Å²) >= 11 is 1.19. The number of aliphatic hydroxyl groups is 1. The van der Waals surface area contributed by atoms with Gasteiger partial charge in [0.05, 0.1) is 24.7 Å². The van der Waals surface area contributed by atoms with Crippen LogP contribution in [0.4, 0.5) is 14.5 Å². The zero-order valence-corrected chi connectivity index (χ0v) is 18.1. The molecule has 0 radical (unpaired) electrons. The molecule has 4 rings (SSSR count). The molecule has 0 aliphatic carbocycles. The second kappa shape index (κ2) is 9.07. The Morgan fingerprint density at radius 2 is 1.94 bits per heavy atom. The molecule has 1 fully saturated rings. The van der Waals surface area contributed by atoms with Crippen LogP contribution in [0, 0.1) is 18.2 Å². The molecule has 0 spiro atoms. The third kappa shape index (κ3) is 4.22. The summed E-state index contributed by atoms with van der Waals surface area (Å²) in [5.41, 5.74) is 1.47. The summed E-state index contributed by atoms with van der Waals surface area (Å²) in [7, 11) is 1.38. The topological polar surface area (TPSA) is 54.1 Å². The Bertz CT molecular complexity index is 1220. The molecule has 32 heavy (non-hydrogen) atoms. The number of thiophene rings is 1. The molecule has 0 unspecified atom stereocenters. The Kier molecular flexibility index (Phi) is 6.21. The Hall–Kier alpha value is -3.28. The maximum Gasteiger partial charge on any atom is 0.264 e. The molecule has 0 saturated carbocycles. The van der Waals surface area contributed by atoms with Crippen LogP contribution in [-0.2, 0) is 0 Å². The van der Waals surface area contributed by atoms with E-state index in [4.69, 9.17) is 11.3 Å². The maximum atomic E-state index is 14.4. The maximum absolute atomic E-state index is 14.4. The van der Waals surface area contributed by atoms with Crippen molar-refractivity contribution in [2.24, 2.45) is 0 Å². The van der Waals surface area contributed by atoms with Crippen LogP contribution in [0.2, 0.25) is 0 Å². The lowest BCUT2D eigenvalue weighted by atomic mass is 10.0. The highest BCUT2D eigenvalue weighted by Gasteiger charge is 2.26. The molecule has 5 nitrogen and oxygen atoms in total. The van der Waals surface area contributed by atoms with Crippen LogP contribution in [-0.4, -0.2) is 42.2 Å². The molecule has 2 aromatic carbocycles. The van der Waals surface area contributed by atoms with Crippen LogP contribution in [0.1, 0.15) is 22.5 Å². The summed E-state index contributed by atoms with van der Waals surface area (Å²) in [6.07, 6.45) is 0.811. The molecule has 1 aliphatic heterocycles. The van der Waals surface area contributed by atoms with Crippen LogP contribution in [0.3, 0.4) is 0 Å². The molecular weight excluding hydrogens is 434 g/mol. The van der Waals surface area contributed by atoms with E-state index in [2.05, 4.69) is 4.85 Å². The van der Waals surface area contributed by atoms with Crippen LogP contribution in [0.5, 0.6) is 5.75 Å². The number of benzene rings is 2. The van der Waals surface area contributed by atoms with Crippen molar-refractivity contribution in [3.05, 3.63) is 70.4 Å². The predicted octanol–water partition coefficient (Wildman–Crippen LogP) is 5.52. The zero-order valence-electron chi connectivity index (χ0n) is 17.3. The summed E-state index contributed by atoms with van der Waals surface area (Å²) in [4.78, 5) is 18.9. The molecule has 2 heterocycles. The van der Waals surface area contributed by atoms with Crippen LogP contribution in [0.25, 0.3) is 26.4 Å². The standard InChI is InChI=1S/C24H20F2N2O3S/c1-27-20-7-5-14(10-18(20)25)17-12-22(24(30)28-9-3-4-16(29)13-28)32-23(17)15-6-8-21(31-2)19(26)11-15/h5-8,10-12,16,29H,3-4,9,13H2,2H3/t16-/m1/s1. The van der Waals surface area contributed by atoms with Crippen LogP contribution < -0.4 is 4.74 Å². The summed E-state index contributed by atoms with van der Waals surface area (Å²) in [6, 6.07) is 10.4. The lowest BCUT2D eigenvalue weighted by Gasteiger charge is -2.29. The number of carbonyl (C=O) groups excluding carboxylic acids is 1. The summed E-state index contributed by atoms with van der Waals surface area (Å²) in [6.45, 7) is 7.85. The number of halogens is 2. The molecule has 1 aromatic heterocycles. The number of amides is 1. The first-order chi connectivity index (χ1) is 15.4. The van der Waals surface area contributed by atoms with Gasteiger partial charge in [0, 0.05) is 23.5 Å². The smallest absolute Gasteiger partial charge is 0.264 e. The number of hydrogen-bond acceptors (Lipinski definition) is 4. The van der Waals surface area contributed by atoms with Crippen molar-refractivity contribution in [2.45, 2.75) is 18.9 Å². The first kappa shape index (κ1) is 21.9. The Morgan fingerprint density at radius 3 is 2.59 bits per heavy atom. The van der Waals surface area contributed by atoms with Gasteiger partial charge in [0.2, 0.25) is 5.69 Å². The van der Waals surface area contributed by atoms with Gasteiger partial charge in [-0.15, -0.1) is 11.3 Å². The minimum atomic E-state index is -0.664. The Morgan fingerprint density at radius 1 is 1.19 bits per heavy atom. The highest BCUT2D eigenvalue weighted by molar-refractivity contribution is 7.18. The number of β-amino-alcohol motifs (C(OH)–C–C–N with tert-alkyl or cyclic N) is 1. The lowest BCUT2D eigenvalue weighted by Crippen LogP contribution is -2.41. The van der Waals surface area contributed by atoms with Crippen LogP contribution in [0.15, 0.2) is 42.5 Å². The largest absolute Gasteiger partial charge is 0.494 e. The Labute approximate surface area is 188 Å². The van der Waals surface area contributed by atoms with Crippen molar-refractivity contribution in [3.8, 4) is 27.3 Å². The second-order valence-corrected chi connectivity index (χ2v) is 8.58. The van der Waals surface area contributed by atoms with Crippen molar-refractivity contribution >= 4 is 22.9 Å². The molecule has 1 saturated heterocycles. The van der Waals surface area contributed by atoms with Gasteiger partial charge in [-0.2, -0.15) is 0 Å². The van der Waals surface area contributed by atoms with Crippen LogP contribution >= 0.6 is 11.3 Å². The highest BCUT2D eigenvalue weighted by atomic mass is 32.1. The van der Waals surface area contributed by atoms with Gasteiger partial charge in [-0.05, 0) is 54.3 Å². The molecule has 1 amide bonds. The molecule has 1 aliphatic rings. The third-order valence-corrected chi connectivity index (χ3v) is 6.59. The molecule has 1 N–H and O–H groups in total. The number of hydrogen-bond donors (Lipinski definition) is 1. The van der Waals surface area contributed by atoms with Gasteiger partial charge in [-0.1, -0.05) is 12.1 Å². The van der Waals surface area contributed by atoms with E-state index < -0.39 is 17.7 Å². The normalized spacial score (nSPS) is 16.0. The average Bonchev–Trinajstić information content (AvgIpc) is 3.24. The molecule has 1 atom stereocenters. The molecule has 164 valence electrons. The van der Waals surface area contributed by atoms with Gasteiger partial charge >= 0.3 is 0 Å². The first-order valence-corrected chi connectivity index (χ1v) is 10.9. The Balaban J connectivity index is 1.82. The van der Waals surface area contributed by atoms with Gasteiger partial charge in [-0.25, -0.2) is 13.6 Å². The van der Waals surface area contributed by atoms with Gasteiger partial charge in [0.1, 0.15) is 5.82 Å². The molecule has 0 bridgehead atoms. The minimum Gasteiger partial charge on any atom is -0.494 e. The number of carbonyl (C=O) groups is 1. The quantitative estimate of drug-likeness (QED) is 0.529. The summed E-state index contributed by atoms with van der Waals surface area (Å²) < 4.78 is 33.7. The van der Waals surface area contributed by atoms with E-state index in [9.17, 15) is 18.7 Å². The van der Waals surface area contributed by atoms with Crippen molar-refractivity contribution in [1.29, 1.82) is 0 Å². The van der Waals surface area contributed by atoms with Crippen molar-refractivity contribution in [3.63, 3.8) is 0 Å². The van der Waals surface area contributed by atoms with Crippen molar-refractivity contribution < 1.29 is 23.4 Å². The van der Waals surface area contributed by atoms with Crippen molar-refractivity contribution in [1.82, 2.24) is 4.90 Å². The number of nitrogens with zero attached hydrogens (tertiary/aromatic N) is 2. The van der Waals surface area contributed by atoms with Crippen molar-refractivity contribution in [2.75, 3.05) is 20.2 Å².